The van der Waals surface area contributed by atoms with Gasteiger partial charge in [-0.25, -0.2) is 0 Å². The second-order valence-corrected chi connectivity index (χ2v) is 20.8. The van der Waals surface area contributed by atoms with Crippen molar-refractivity contribution in [2.75, 3.05) is 0 Å². The maximum atomic E-state index is 2.47. The van der Waals surface area contributed by atoms with Crippen molar-refractivity contribution in [3.05, 3.63) is 249 Å². The molecule has 0 fully saturated rings. The van der Waals surface area contributed by atoms with Crippen LogP contribution in [0.1, 0.15) is 0 Å². The lowest BCUT2D eigenvalue weighted by molar-refractivity contribution is 1.18. The van der Waals surface area contributed by atoms with E-state index in [9.17, 15) is 0 Å². The Morgan fingerprint density at radius 1 is 0.239 bits per heavy atom. The molecule has 0 N–H and O–H groups in total. The molecule has 3 heteroatoms. The molecule has 1 nitrogen and oxygen atoms in total. The molecule has 15 rings (SSSR count). The van der Waals surface area contributed by atoms with E-state index in [4.69, 9.17) is 0 Å². The van der Waals surface area contributed by atoms with Crippen LogP contribution in [0.3, 0.4) is 0 Å². The first-order valence-electron chi connectivity index (χ1n) is 24.3. The van der Waals surface area contributed by atoms with Gasteiger partial charge in [-0.2, -0.15) is 0 Å². The van der Waals surface area contributed by atoms with Crippen LogP contribution in [-0.4, -0.2) is 4.57 Å². The molecular weight excluding hydrogens is 895 g/mol. The van der Waals surface area contributed by atoms with Gasteiger partial charge in [0.15, 0.2) is 0 Å². The van der Waals surface area contributed by atoms with Gasteiger partial charge in [0, 0.05) is 56.8 Å². The van der Waals surface area contributed by atoms with Crippen LogP contribution in [0.5, 0.6) is 0 Å². The normalized spacial score (nSPS) is 11.9. The zero-order valence-electron chi connectivity index (χ0n) is 38.4. The summed E-state index contributed by atoms with van der Waals surface area (Å²) in [7, 11) is 0. The van der Waals surface area contributed by atoms with E-state index < -0.39 is 0 Å². The molecule has 0 saturated carbocycles. The summed E-state index contributed by atoms with van der Waals surface area (Å²) in [6.45, 7) is 0. The van der Waals surface area contributed by atoms with Gasteiger partial charge >= 0.3 is 0 Å². The summed E-state index contributed by atoms with van der Waals surface area (Å²) in [5.74, 6) is 0. The highest BCUT2D eigenvalue weighted by Crippen LogP contribution is 2.47. The standard InChI is InChI=1S/C68H41NS2/c1-3-15-43(16-4-1)65-53-21-7-8-22-54(53)66(44-17-5-2-6-18-44)60-39-45(31-36-55(60)65)42-29-34-48(35-30-42)69-61-37-32-46(49-23-13-25-56-51-19-9-11-27-63(51)70-67(49)56)40-58(61)59-41-47(33-38-62(59)69)50-24-14-26-57-52-20-10-12-28-64(52)71-68(50)57/h1-41H. The highest BCUT2D eigenvalue weighted by molar-refractivity contribution is 7.26. The number of aromatic nitrogens is 1. The van der Waals surface area contributed by atoms with Crippen LogP contribution in [0, 0.1) is 0 Å². The van der Waals surface area contributed by atoms with Gasteiger partial charge in [0.25, 0.3) is 0 Å². The number of thiophene rings is 2. The lowest BCUT2D eigenvalue weighted by Crippen LogP contribution is -1.94. The maximum absolute atomic E-state index is 2.47. The minimum absolute atomic E-state index is 1.13. The number of benzene rings is 12. The molecule has 0 bridgehead atoms. The quantitative estimate of drug-likeness (QED) is 0.146. The van der Waals surface area contributed by atoms with Crippen molar-refractivity contribution in [2.45, 2.75) is 0 Å². The monoisotopic (exact) mass is 935 g/mol. The molecule has 0 aliphatic rings. The third kappa shape index (κ3) is 6.30. The van der Waals surface area contributed by atoms with E-state index in [1.807, 2.05) is 22.7 Å². The predicted molar refractivity (Wildman–Crippen MR) is 309 cm³/mol. The zero-order valence-corrected chi connectivity index (χ0v) is 40.1. The van der Waals surface area contributed by atoms with Gasteiger partial charge in [-0.05, 0) is 132 Å². The van der Waals surface area contributed by atoms with E-state index in [1.54, 1.807) is 0 Å². The van der Waals surface area contributed by atoms with Crippen LogP contribution in [-0.2, 0) is 0 Å². The number of hydrogen-bond donors (Lipinski definition) is 0. The Balaban J connectivity index is 0.912. The Kier molecular flexibility index (Phi) is 9.07. The van der Waals surface area contributed by atoms with Crippen LogP contribution in [0.2, 0.25) is 0 Å². The topological polar surface area (TPSA) is 4.93 Å². The Morgan fingerprint density at radius 3 is 1.18 bits per heavy atom. The van der Waals surface area contributed by atoms with Gasteiger partial charge in [-0.3, -0.25) is 0 Å². The lowest BCUT2D eigenvalue weighted by atomic mass is 9.85. The van der Waals surface area contributed by atoms with Crippen LogP contribution >= 0.6 is 22.7 Å². The lowest BCUT2D eigenvalue weighted by Gasteiger charge is -2.19. The largest absolute Gasteiger partial charge is 0.309 e. The zero-order chi connectivity index (χ0) is 46.6. The number of nitrogens with zero attached hydrogens (tertiary/aromatic N) is 1. The average molecular weight is 936 g/mol. The molecule has 0 radical (unpaired) electrons. The van der Waals surface area contributed by atoms with E-state index in [0.717, 1.165) is 5.69 Å². The molecule has 0 aliphatic heterocycles. The third-order valence-corrected chi connectivity index (χ3v) is 17.2. The van der Waals surface area contributed by atoms with Crippen LogP contribution in [0.25, 0.3) is 145 Å². The summed E-state index contributed by atoms with van der Waals surface area (Å²) in [6.07, 6.45) is 0. The molecule has 0 unspecified atom stereocenters. The van der Waals surface area contributed by atoms with E-state index in [-0.39, 0.29) is 0 Å². The van der Waals surface area contributed by atoms with Gasteiger partial charge < -0.3 is 4.57 Å². The molecule has 0 amide bonds. The summed E-state index contributed by atoms with van der Waals surface area (Å²) in [5.41, 5.74) is 15.9. The smallest absolute Gasteiger partial charge is 0.0541 e. The van der Waals surface area contributed by atoms with Gasteiger partial charge in [0.2, 0.25) is 0 Å². The molecule has 3 heterocycles. The fraction of sp³-hybridized carbons (Fsp3) is 0. The fourth-order valence-electron chi connectivity index (χ4n) is 11.6. The van der Waals surface area contributed by atoms with Crippen LogP contribution in [0.4, 0.5) is 0 Å². The SMILES string of the molecule is c1ccc(-c2c3ccccc3c(-c3ccccc3)c3cc(-c4ccc(-n5c6ccc(-c7cccc8c7sc7ccccc78)cc6c6cc(-c7cccc8c7sc7ccccc78)ccc65)cc4)ccc23)cc1. The Labute approximate surface area is 418 Å². The van der Waals surface area contributed by atoms with Crippen molar-refractivity contribution in [3.63, 3.8) is 0 Å². The van der Waals surface area contributed by atoms with Crippen LogP contribution in [0.15, 0.2) is 249 Å². The Morgan fingerprint density at radius 2 is 0.648 bits per heavy atom. The van der Waals surface area contributed by atoms with Gasteiger partial charge in [0.1, 0.15) is 0 Å². The minimum atomic E-state index is 1.13. The summed E-state index contributed by atoms with van der Waals surface area (Å²) >= 11 is 3.78. The van der Waals surface area contributed by atoms with Crippen molar-refractivity contribution in [1.29, 1.82) is 0 Å². The van der Waals surface area contributed by atoms with Crippen molar-refractivity contribution >= 4 is 106 Å². The fourth-order valence-corrected chi connectivity index (χ4v) is 14.1. The van der Waals surface area contributed by atoms with Gasteiger partial charge in [-0.15, -0.1) is 22.7 Å². The van der Waals surface area contributed by atoms with E-state index in [0.29, 0.717) is 0 Å². The Bertz CT molecular complexity index is 4440. The van der Waals surface area contributed by atoms with Gasteiger partial charge in [0.05, 0.1) is 11.0 Å². The van der Waals surface area contributed by atoms with E-state index >= 15 is 0 Å². The van der Waals surface area contributed by atoms with Crippen molar-refractivity contribution in [3.8, 4) is 61.3 Å². The molecule has 0 spiro atoms. The second kappa shape index (κ2) is 16.0. The van der Waals surface area contributed by atoms with Gasteiger partial charge in [-0.1, -0.05) is 194 Å². The highest BCUT2D eigenvalue weighted by atomic mass is 32.1. The molecule has 0 atom stereocenters. The first-order valence-corrected chi connectivity index (χ1v) is 25.9. The van der Waals surface area contributed by atoms with Crippen molar-refractivity contribution in [1.82, 2.24) is 4.57 Å². The van der Waals surface area contributed by atoms with E-state index in [1.165, 1.54) is 139 Å². The molecule has 15 aromatic rings. The van der Waals surface area contributed by atoms with E-state index in [2.05, 4.69) is 253 Å². The molecule has 0 saturated heterocycles. The molecular formula is C68H41NS2. The molecule has 330 valence electrons. The number of hydrogen-bond acceptors (Lipinski definition) is 2. The second-order valence-electron chi connectivity index (χ2n) is 18.7. The highest BCUT2D eigenvalue weighted by Gasteiger charge is 2.20. The Hall–Kier alpha value is -8.60. The summed E-state index contributed by atoms with van der Waals surface area (Å²) in [5, 5.41) is 12.8. The molecule has 3 aromatic heterocycles. The minimum Gasteiger partial charge on any atom is -0.309 e. The molecule has 0 aliphatic carbocycles. The summed E-state index contributed by atoms with van der Waals surface area (Å²) in [4.78, 5) is 0. The van der Waals surface area contributed by atoms with Crippen LogP contribution < -0.4 is 0 Å². The number of fused-ring (bicyclic) bond motifs is 11. The first kappa shape index (κ1) is 40.3. The molecule has 12 aromatic carbocycles. The first-order chi connectivity index (χ1) is 35.2. The van der Waals surface area contributed by atoms with Crippen molar-refractivity contribution in [2.24, 2.45) is 0 Å². The summed E-state index contributed by atoms with van der Waals surface area (Å²) < 4.78 is 7.77. The average Bonchev–Trinajstić information content (AvgIpc) is 4.12. The maximum Gasteiger partial charge on any atom is 0.0541 e. The summed E-state index contributed by atoms with van der Waals surface area (Å²) in [6, 6.07) is 92.4. The predicted octanol–water partition coefficient (Wildman–Crippen LogP) is 20.2. The molecule has 71 heavy (non-hydrogen) atoms. The number of rotatable bonds is 6. The van der Waals surface area contributed by atoms with Crippen molar-refractivity contribution < 1.29 is 0 Å². The third-order valence-electron chi connectivity index (χ3n) is 14.8.